The largest absolute Gasteiger partial charge is 0.506 e. The smallest absolute Gasteiger partial charge is 0.309 e. The Morgan fingerprint density at radius 2 is 2.20 bits per heavy atom. The first-order valence-electron chi connectivity index (χ1n) is 3.80. The number of hydrogen-bond acceptors (Lipinski definition) is 3. The van der Waals surface area contributed by atoms with Gasteiger partial charge in [0.25, 0.3) is 6.43 Å². The molecular weight excluding hydrogens is 232 g/mol. The third-order valence-corrected chi connectivity index (χ3v) is 1.92. The molecule has 0 bridgehead atoms. The summed E-state index contributed by atoms with van der Waals surface area (Å²) < 4.78 is 24.5. The Kier molecular flexibility index (Phi) is 3.41. The number of alkyl halides is 2. The third kappa shape index (κ3) is 2.76. The highest BCUT2D eigenvalue weighted by Gasteiger charge is 2.18. The van der Waals surface area contributed by atoms with Gasteiger partial charge in [-0.05, 0) is 6.07 Å². The molecule has 4 nitrogen and oxygen atoms in total. The van der Waals surface area contributed by atoms with Gasteiger partial charge in [-0.2, -0.15) is 0 Å². The van der Waals surface area contributed by atoms with E-state index in [1.165, 1.54) is 0 Å². The quantitative estimate of drug-likeness (QED) is 0.789. The van der Waals surface area contributed by atoms with Crippen LogP contribution in [-0.4, -0.2) is 21.2 Å². The normalized spacial score (nSPS) is 10.7. The lowest BCUT2D eigenvalue weighted by Gasteiger charge is -2.06. The van der Waals surface area contributed by atoms with Gasteiger partial charge in [-0.25, -0.2) is 13.8 Å². The first-order chi connectivity index (χ1) is 6.91. The Balaban J connectivity index is 3.13. The Hall–Kier alpha value is -1.43. The van der Waals surface area contributed by atoms with E-state index in [0.29, 0.717) is 0 Å². The molecule has 1 rings (SSSR count). The summed E-state index contributed by atoms with van der Waals surface area (Å²) in [7, 11) is 0. The number of halogens is 3. The number of carboxylic acids is 1. The molecule has 0 saturated heterocycles. The monoisotopic (exact) mass is 237 g/mol. The number of carboxylic acid groups (broad SMARTS) is 1. The van der Waals surface area contributed by atoms with E-state index in [0.717, 1.165) is 6.07 Å². The lowest BCUT2D eigenvalue weighted by atomic mass is 10.2. The second kappa shape index (κ2) is 4.39. The number of aromatic nitrogens is 1. The fourth-order valence-electron chi connectivity index (χ4n) is 0.957. The van der Waals surface area contributed by atoms with Crippen LogP contribution in [0.5, 0.6) is 5.75 Å². The number of aliphatic carboxylic acids is 1. The fraction of sp³-hybridized carbons (Fsp3) is 0.250. The van der Waals surface area contributed by atoms with E-state index in [-0.39, 0.29) is 5.69 Å². The van der Waals surface area contributed by atoms with Crippen LogP contribution < -0.4 is 0 Å². The number of aromatic hydroxyl groups is 1. The molecule has 1 aromatic rings. The predicted octanol–water partition coefficient (Wildman–Crippen LogP) is 2.01. The van der Waals surface area contributed by atoms with Crippen molar-refractivity contribution in [3.05, 3.63) is 22.5 Å². The van der Waals surface area contributed by atoms with Crippen LogP contribution in [-0.2, 0) is 11.2 Å². The minimum absolute atomic E-state index is 0.239. The van der Waals surface area contributed by atoms with Crippen molar-refractivity contribution in [1.29, 1.82) is 0 Å². The molecule has 0 fully saturated rings. The summed E-state index contributed by atoms with van der Waals surface area (Å²) in [4.78, 5) is 13.7. The van der Waals surface area contributed by atoms with E-state index in [1.807, 2.05) is 0 Å². The van der Waals surface area contributed by atoms with Gasteiger partial charge in [-0.1, -0.05) is 11.6 Å². The average Bonchev–Trinajstić information content (AvgIpc) is 2.09. The molecule has 0 amide bonds. The Morgan fingerprint density at radius 3 is 2.67 bits per heavy atom. The van der Waals surface area contributed by atoms with Crippen LogP contribution in [0, 0.1) is 0 Å². The van der Waals surface area contributed by atoms with Crippen LogP contribution in [0.3, 0.4) is 0 Å². The summed E-state index contributed by atoms with van der Waals surface area (Å²) in [5, 5.41) is 17.1. The molecule has 15 heavy (non-hydrogen) atoms. The Bertz CT molecular complexity index is 398. The third-order valence-electron chi connectivity index (χ3n) is 1.61. The molecule has 0 atom stereocenters. The molecule has 0 aliphatic rings. The van der Waals surface area contributed by atoms with Crippen molar-refractivity contribution >= 4 is 17.6 Å². The molecule has 1 aromatic heterocycles. The lowest BCUT2D eigenvalue weighted by Crippen LogP contribution is -2.04. The van der Waals surface area contributed by atoms with Crippen molar-refractivity contribution in [3.8, 4) is 5.75 Å². The average molecular weight is 238 g/mol. The molecule has 2 N–H and O–H groups in total. The van der Waals surface area contributed by atoms with Gasteiger partial charge in [0.15, 0.2) is 0 Å². The maximum atomic E-state index is 12.3. The Morgan fingerprint density at radius 1 is 1.60 bits per heavy atom. The molecule has 1 heterocycles. The molecule has 0 aliphatic heterocycles. The molecule has 0 aliphatic carbocycles. The zero-order valence-corrected chi connectivity index (χ0v) is 8.00. The number of rotatable bonds is 3. The zero-order chi connectivity index (χ0) is 11.6. The van der Waals surface area contributed by atoms with Gasteiger partial charge in [0.2, 0.25) is 0 Å². The number of carbonyl (C=O) groups is 1. The predicted molar refractivity (Wildman–Crippen MR) is 47.2 cm³/mol. The van der Waals surface area contributed by atoms with Crippen LogP contribution in [0.15, 0.2) is 6.07 Å². The van der Waals surface area contributed by atoms with Crippen molar-refractivity contribution in [2.45, 2.75) is 12.8 Å². The molecule has 0 radical (unpaired) electrons. The fourth-order valence-corrected chi connectivity index (χ4v) is 1.20. The van der Waals surface area contributed by atoms with E-state index in [4.69, 9.17) is 16.7 Å². The van der Waals surface area contributed by atoms with Gasteiger partial charge in [-0.3, -0.25) is 4.79 Å². The molecule has 0 saturated carbocycles. The number of hydrogen-bond donors (Lipinski definition) is 2. The van der Waals surface area contributed by atoms with Crippen LogP contribution in [0.25, 0.3) is 0 Å². The molecule has 0 spiro atoms. The molecule has 82 valence electrons. The van der Waals surface area contributed by atoms with Crippen molar-refractivity contribution in [2.75, 3.05) is 0 Å². The lowest BCUT2D eigenvalue weighted by molar-refractivity contribution is -0.136. The molecule has 0 unspecified atom stereocenters. The maximum absolute atomic E-state index is 12.3. The van der Waals surface area contributed by atoms with E-state index in [1.54, 1.807) is 0 Å². The van der Waals surface area contributed by atoms with Gasteiger partial charge in [0, 0.05) is 0 Å². The minimum atomic E-state index is -2.87. The highest BCUT2D eigenvalue weighted by atomic mass is 35.5. The SMILES string of the molecule is O=C(O)Cc1nc(Cl)c(C(F)F)cc1O. The van der Waals surface area contributed by atoms with Gasteiger partial charge < -0.3 is 10.2 Å². The van der Waals surface area contributed by atoms with Crippen LogP contribution in [0.4, 0.5) is 8.78 Å². The summed E-state index contributed by atoms with van der Waals surface area (Å²) in [6, 6.07) is 0.721. The minimum Gasteiger partial charge on any atom is -0.506 e. The first kappa shape index (κ1) is 11.6. The van der Waals surface area contributed by atoms with Crippen LogP contribution >= 0.6 is 11.6 Å². The first-order valence-corrected chi connectivity index (χ1v) is 4.18. The van der Waals surface area contributed by atoms with Gasteiger partial charge in [-0.15, -0.1) is 0 Å². The van der Waals surface area contributed by atoms with Crippen LogP contribution in [0.2, 0.25) is 5.15 Å². The highest BCUT2D eigenvalue weighted by Crippen LogP contribution is 2.30. The topological polar surface area (TPSA) is 70.4 Å². The van der Waals surface area contributed by atoms with Crippen molar-refractivity contribution < 1.29 is 23.8 Å². The molecule has 7 heteroatoms. The number of pyridine rings is 1. The van der Waals surface area contributed by atoms with E-state index in [2.05, 4.69) is 4.98 Å². The number of nitrogens with zero attached hydrogens (tertiary/aromatic N) is 1. The summed E-state index contributed by atoms with van der Waals surface area (Å²) in [5.74, 6) is -1.84. The highest BCUT2D eigenvalue weighted by molar-refractivity contribution is 6.30. The maximum Gasteiger partial charge on any atom is 0.309 e. The van der Waals surface area contributed by atoms with Gasteiger partial charge >= 0.3 is 5.97 Å². The molecular formula is C8H6ClF2NO3. The van der Waals surface area contributed by atoms with E-state index < -0.39 is 35.3 Å². The van der Waals surface area contributed by atoms with Crippen molar-refractivity contribution in [1.82, 2.24) is 4.98 Å². The van der Waals surface area contributed by atoms with Gasteiger partial charge in [0.1, 0.15) is 10.9 Å². The summed E-state index contributed by atoms with van der Waals surface area (Å²) in [6.07, 6.45) is -3.44. The summed E-state index contributed by atoms with van der Waals surface area (Å²) >= 11 is 5.38. The van der Waals surface area contributed by atoms with E-state index in [9.17, 15) is 18.7 Å². The Labute approximate surface area is 88.1 Å². The standard InChI is InChI=1S/C8H6ClF2NO3/c9-7-3(8(10)11)1-5(13)4(12-7)2-6(14)15/h1,8,13H,2H2,(H,14,15). The summed E-state index contributed by atoms with van der Waals surface area (Å²) in [5.41, 5.74) is -0.861. The summed E-state index contributed by atoms with van der Waals surface area (Å²) in [6.45, 7) is 0. The molecule has 0 aromatic carbocycles. The van der Waals surface area contributed by atoms with E-state index >= 15 is 0 Å². The van der Waals surface area contributed by atoms with Crippen molar-refractivity contribution in [3.63, 3.8) is 0 Å². The second-order valence-corrected chi connectivity index (χ2v) is 3.06. The van der Waals surface area contributed by atoms with Gasteiger partial charge in [0.05, 0.1) is 17.7 Å². The second-order valence-electron chi connectivity index (χ2n) is 2.71. The van der Waals surface area contributed by atoms with Crippen LogP contribution in [0.1, 0.15) is 17.7 Å². The zero-order valence-electron chi connectivity index (χ0n) is 7.25. The van der Waals surface area contributed by atoms with Crippen molar-refractivity contribution in [2.24, 2.45) is 0 Å².